The number of rotatable bonds is 9. The predicted octanol–water partition coefficient (Wildman–Crippen LogP) is -0.549. The van der Waals surface area contributed by atoms with Gasteiger partial charge in [-0.25, -0.2) is 4.79 Å². The van der Waals surface area contributed by atoms with Crippen LogP contribution < -0.4 is 5.32 Å². The number of nitrogens with one attached hydrogen (secondary N) is 1. The van der Waals surface area contributed by atoms with Gasteiger partial charge in [0.25, 0.3) is 21.9 Å². The Morgan fingerprint density at radius 2 is 2.05 bits per heavy atom. The summed E-state index contributed by atoms with van der Waals surface area (Å²) < 4.78 is 30.7. The second-order valence-electron chi connectivity index (χ2n) is 4.19. The second-order valence-corrected chi connectivity index (χ2v) is 8.50. The standard InChI is InChI=1S/C10H16N2O7S3/c1-11-3-5-21-20-4-2-9(14)19-12-8(13)6-7(10(12)15)22(16,17)18/h7,11H,2-6H2,1H3,(H,16,17,18). The van der Waals surface area contributed by atoms with Crippen molar-refractivity contribution in [1.82, 2.24) is 10.4 Å². The number of hydroxylamine groups is 2. The van der Waals surface area contributed by atoms with Gasteiger partial charge < -0.3 is 10.2 Å². The molecule has 0 bridgehead atoms. The monoisotopic (exact) mass is 372 g/mol. The Balaban J connectivity index is 2.38. The van der Waals surface area contributed by atoms with Gasteiger partial charge in [-0.1, -0.05) is 21.6 Å². The van der Waals surface area contributed by atoms with Gasteiger partial charge in [0.05, 0.1) is 12.8 Å². The predicted molar refractivity (Wildman–Crippen MR) is 81.4 cm³/mol. The molecule has 126 valence electrons. The molecule has 0 radical (unpaired) electrons. The van der Waals surface area contributed by atoms with Gasteiger partial charge in [-0.2, -0.15) is 8.42 Å². The number of hydrogen-bond acceptors (Lipinski definition) is 9. The lowest BCUT2D eigenvalue weighted by Gasteiger charge is -2.13. The third-order valence-electron chi connectivity index (χ3n) is 2.52. The molecule has 1 aliphatic heterocycles. The van der Waals surface area contributed by atoms with Crippen molar-refractivity contribution in [2.75, 3.05) is 25.1 Å². The van der Waals surface area contributed by atoms with Gasteiger partial charge in [-0.15, -0.1) is 5.06 Å². The number of amides is 2. The average molecular weight is 372 g/mol. The molecule has 1 heterocycles. The highest BCUT2D eigenvalue weighted by Crippen LogP contribution is 2.23. The number of hydrogen-bond donors (Lipinski definition) is 2. The molecule has 1 unspecified atom stereocenters. The molecule has 22 heavy (non-hydrogen) atoms. The summed E-state index contributed by atoms with van der Waals surface area (Å²) in [5.41, 5.74) is 0. The first kappa shape index (κ1) is 19.2. The van der Waals surface area contributed by atoms with E-state index in [9.17, 15) is 22.8 Å². The Morgan fingerprint density at radius 3 is 2.59 bits per heavy atom. The molecule has 2 amide bonds. The Labute approximate surface area is 135 Å². The van der Waals surface area contributed by atoms with Gasteiger partial charge in [0, 0.05) is 18.1 Å². The summed E-state index contributed by atoms with van der Waals surface area (Å²) >= 11 is 0. The summed E-state index contributed by atoms with van der Waals surface area (Å²) in [7, 11) is 0.117. The highest BCUT2D eigenvalue weighted by molar-refractivity contribution is 8.76. The maximum atomic E-state index is 11.6. The molecule has 1 fully saturated rings. The van der Waals surface area contributed by atoms with E-state index in [-0.39, 0.29) is 11.5 Å². The molecular weight excluding hydrogens is 356 g/mol. The van der Waals surface area contributed by atoms with Crippen LogP contribution in [0.25, 0.3) is 0 Å². The number of carbonyl (C=O) groups excluding carboxylic acids is 3. The molecule has 1 atom stereocenters. The maximum absolute atomic E-state index is 11.6. The van der Waals surface area contributed by atoms with E-state index in [1.807, 2.05) is 7.05 Å². The summed E-state index contributed by atoms with van der Waals surface area (Å²) in [6, 6.07) is 0. The van der Waals surface area contributed by atoms with E-state index in [0.717, 1.165) is 12.3 Å². The quantitative estimate of drug-likeness (QED) is 0.235. The minimum absolute atomic E-state index is 0.0369. The average Bonchev–Trinajstić information content (AvgIpc) is 2.70. The Kier molecular flexibility index (Phi) is 7.62. The van der Waals surface area contributed by atoms with Crippen LogP contribution in [0.1, 0.15) is 12.8 Å². The zero-order chi connectivity index (χ0) is 16.8. The largest absolute Gasteiger partial charge is 0.334 e. The second kappa shape index (κ2) is 8.72. The van der Waals surface area contributed by atoms with Crippen molar-refractivity contribution in [3.05, 3.63) is 0 Å². The van der Waals surface area contributed by atoms with Crippen molar-refractivity contribution in [1.29, 1.82) is 0 Å². The Bertz CT molecular complexity index is 537. The fourth-order valence-electron chi connectivity index (χ4n) is 1.45. The first-order valence-electron chi connectivity index (χ1n) is 6.20. The summed E-state index contributed by atoms with van der Waals surface area (Å²) in [6.45, 7) is 0.829. The Morgan fingerprint density at radius 1 is 1.41 bits per heavy atom. The Hall–Kier alpha value is -0.820. The summed E-state index contributed by atoms with van der Waals surface area (Å²) in [5, 5.41) is 1.17. The maximum Gasteiger partial charge on any atom is 0.334 e. The number of nitrogens with zero attached hydrogens (tertiary/aromatic N) is 1. The van der Waals surface area contributed by atoms with Gasteiger partial charge in [0.2, 0.25) is 0 Å². The van der Waals surface area contributed by atoms with Crippen LogP contribution in [0, 0.1) is 0 Å². The molecule has 0 saturated carbocycles. The van der Waals surface area contributed by atoms with Crippen LogP contribution in [0.5, 0.6) is 0 Å². The van der Waals surface area contributed by atoms with Crippen LogP contribution >= 0.6 is 21.6 Å². The molecule has 0 aromatic rings. The van der Waals surface area contributed by atoms with Crippen molar-refractivity contribution in [3.8, 4) is 0 Å². The minimum Gasteiger partial charge on any atom is -0.330 e. The molecule has 0 spiro atoms. The zero-order valence-electron chi connectivity index (χ0n) is 11.7. The molecule has 1 aliphatic rings. The molecule has 2 N–H and O–H groups in total. The third-order valence-corrected chi connectivity index (χ3v) is 6.02. The van der Waals surface area contributed by atoms with Crippen LogP contribution in [0.3, 0.4) is 0 Å². The van der Waals surface area contributed by atoms with E-state index in [0.29, 0.717) is 5.75 Å². The summed E-state index contributed by atoms with van der Waals surface area (Å²) in [4.78, 5) is 39.2. The smallest absolute Gasteiger partial charge is 0.330 e. The molecule has 0 aliphatic carbocycles. The normalized spacial score (nSPS) is 18.8. The minimum atomic E-state index is -4.70. The van der Waals surface area contributed by atoms with E-state index in [1.165, 1.54) is 10.8 Å². The molecule has 0 aromatic heterocycles. The van der Waals surface area contributed by atoms with Gasteiger partial charge in [0.1, 0.15) is 0 Å². The molecular formula is C10H16N2O7S3. The molecule has 1 saturated heterocycles. The van der Waals surface area contributed by atoms with Gasteiger partial charge in [-0.3, -0.25) is 14.1 Å². The summed E-state index contributed by atoms with van der Waals surface area (Å²) in [5.74, 6) is -1.77. The highest BCUT2D eigenvalue weighted by atomic mass is 33.1. The van der Waals surface area contributed by atoms with Crippen molar-refractivity contribution in [3.63, 3.8) is 0 Å². The van der Waals surface area contributed by atoms with Crippen molar-refractivity contribution < 1.29 is 32.2 Å². The molecule has 0 aromatic carbocycles. The van der Waals surface area contributed by atoms with Crippen LogP contribution in [-0.2, 0) is 29.3 Å². The third kappa shape index (κ3) is 5.76. The zero-order valence-corrected chi connectivity index (χ0v) is 14.1. The topological polar surface area (TPSA) is 130 Å². The number of carbonyl (C=O) groups is 3. The number of imide groups is 1. The van der Waals surface area contributed by atoms with Crippen LogP contribution in [-0.4, -0.2) is 66.2 Å². The van der Waals surface area contributed by atoms with Crippen LogP contribution in [0.15, 0.2) is 0 Å². The highest BCUT2D eigenvalue weighted by Gasteiger charge is 2.48. The van der Waals surface area contributed by atoms with Gasteiger partial charge in [0.15, 0.2) is 5.25 Å². The van der Waals surface area contributed by atoms with Crippen LogP contribution in [0.2, 0.25) is 0 Å². The fourth-order valence-corrected chi connectivity index (χ4v) is 4.13. The lowest BCUT2D eigenvalue weighted by molar-refractivity contribution is -0.197. The van der Waals surface area contributed by atoms with Crippen molar-refractivity contribution in [2.45, 2.75) is 18.1 Å². The SMILES string of the molecule is CNCCSSCCC(=O)ON1C(=O)CC(S(=O)(=O)O)C1=O. The van der Waals surface area contributed by atoms with Gasteiger partial charge >= 0.3 is 5.97 Å². The first-order valence-corrected chi connectivity index (χ1v) is 10.2. The van der Waals surface area contributed by atoms with E-state index in [1.54, 1.807) is 10.8 Å². The molecule has 12 heteroatoms. The lowest BCUT2D eigenvalue weighted by atomic mass is 10.4. The summed E-state index contributed by atoms with van der Waals surface area (Å²) in [6.07, 6.45) is -0.773. The van der Waals surface area contributed by atoms with Gasteiger partial charge in [-0.05, 0) is 7.05 Å². The van der Waals surface area contributed by atoms with E-state index in [2.05, 4.69) is 10.2 Å². The lowest BCUT2D eigenvalue weighted by Crippen LogP contribution is -2.36. The molecule has 1 rings (SSSR count). The first-order chi connectivity index (χ1) is 10.3. The van der Waals surface area contributed by atoms with Crippen molar-refractivity contribution >= 4 is 49.5 Å². The van der Waals surface area contributed by atoms with Crippen molar-refractivity contribution in [2.24, 2.45) is 0 Å². The molecule has 9 nitrogen and oxygen atoms in total. The fraction of sp³-hybridized carbons (Fsp3) is 0.700. The van der Waals surface area contributed by atoms with E-state index in [4.69, 9.17) is 4.55 Å². The van der Waals surface area contributed by atoms with Crippen LogP contribution in [0.4, 0.5) is 0 Å². The van der Waals surface area contributed by atoms with E-state index >= 15 is 0 Å². The van der Waals surface area contributed by atoms with E-state index < -0.39 is 39.6 Å².